The highest BCUT2D eigenvalue weighted by molar-refractivity contribution is 5.93. The molecule has 0 aromatic carbocycles. The summed E-state index contributed by atoms with van der Waals surface area (Å²) in [6, 6.07) is 1.75. The van der Waals surface area contributed by atoms with E-state index < -0.39 is 0 Å². The van der Waals surface area contributed by atoms with Crippen LogP contribution >= 0.6 is 0 Å². The number of nitrogens with zero attached hydrogens (tertiary/aromatic N) is 2. The van der Waals surface area contributed by atoms with Crippen molar-refractivity contribution in [3.8, 4) is 0 Å². The van der Waals surface area contributed by atoms with Gasteiger partial charge < -0.3 is 19.0 Å². The molecule has 0 N–H and O–H groups in total. The second-order valence-corrected chi connectivity index (χ2v) is 8.04. The lowest BCUT2D eigenvalue weighted by atomic mass is 9.71. The van der Waals surface area contributed by atoms with Crippen LogP contribution in [-0.2, 0) is 4.74 Å². The number of piperidine rings is 1. The standard InChI is InChI=1S/C19H28N2O3/c1-20-10-17(13-24-11-15-2-3-15)19(14-20)5-7-21(8-6-19)18(22)16-4-9-23-12-16/h4,9,12,15,17H,2-3,5-8,10-11,13-14H2,1H3/t17-/m0/s1. The van der Waals surface area contributed by atoms with E-state index in [0.717, 1.165) is 58.2 Å². The van der Waals surface area contributed by atoms with Crippen LogP contribution in [0.1, 0.15) is 36.0 Å². The van der Waals surface area contributed by atoms with Crippen molar-refractivity contribution >= 4 is 5.91 Å². The van der Waals surface area contributed by atoms with Crippen molar-refractivity contribution in [1.29, 1.82) is 0 Å². The van der Waals surface area contributed by atoms with Crippen molar-refractivity contribution in [2.75, 3.05) is 46.4 Å². The first-order valence-electron chi connectivity index (χ1n) is 9.24. The van der Waals surface area contributed by atoms with Crippen LogP contribution in [0.2, 0.25) is 0 Å². The Labute approximate surface area is 143 Å². The smallest absolute Gasteiger partial charge is 0.257 e. The van der Waals surface area contributed by atoms with Gasteiger partial charge in [0.15, 0.2) is 0 Å². The number of likely N-dealkylation sites (tertiary alicyclic amines) is 2. The van der Waals surface area contributed by atoms with Gasteiger partial charge >= 0.3 is 0 Å². The molecule has 24 heavy (non-hydrogen) atoms. The average molecular weight is 332 g/mol. The molecule has 0 radical (unpaired) electrons. The van der Waals surface area contributed by atoms with Crippen molar-refractivity contribution in [1.82, 2.24) is 9.80 Å². The highest BCUT2D eigenvalue weighted by Crippen LogP contribution is 2.44. The van der Waals surface area contributed by atoms with Gasteiger partial charge in [0.05, 0.1) is 18.4 Å². The zero-order chi connectivity index (χ0) is 16.6. The van der Waals surface area contributed by atoms with Crippen LogP contribution in [0.25, 0.3) is 0 Å². The molecule has 2 saturated heterocycles. The molecule has 0 unspecified atom stereocenters. The van der Waals surface area contributed by atoms with E-state index in [2.05, 4.69) is 11.9 Å². The Bertz CT molecular complexity index is 559. The third-order valence-corrected chi connectivity index (χ3v) is 6.17. The van der Waals surface area contributed by atoms with Crippen LogP contribution in [0.15, 0.2) is 23.0 Å². The van der Waals surface area contributed by atoms with E-state index in [1.807, 2.05) is 4.90 Å². The van der Waals surface area contributed by atoms with Crippen molar-refractivity contribution in [2.45, 2.75) is 25.7 Å². The number of carbonyl (C=O) groups is 1. The zero-order valence-corrected chi connectivity index (χ0v) is 14.6. The van der Waals surface area contributed by atoms with Crippen molar-refractivity contribution in [3.63, 3.8) is 0 Å². The molecule has 1 saturated carbocycles. The molecule has 1 spiro atoms. The molecule has 132 valence electrons. The first-order valence-corrected chi connectivity index (χ1v) is 9.24. The van der Waals surface area contributed by atoms with Gasteiger partial charge in [-0.1, -0.05) is 0 Å². The minimum absolute atomic E-state index is 0.103. The molecule has 1 atom stereocenters. The first kappa shape index (κ1) is 16.2. The van der Waals surface area contributed by atoms with E-state index in [1.54, 1.807) is 18.6 Å². The summed E-state index contributed by atoms with van der Waals surface area (Å²) in [5, 5.41) is 0. The SMILES string of the molecule is CN1C[C@@H](COCC2CC2)C2(CCN(C(=O)c3ccoc3)CC2)C1. The predicted molar refractivity (Wildman–Crippen MR) is 90.8 cm³/mol. The molecule has 2 aliphatic heterocycles. The summed E-state index contributed by atoms with van der Waals surface area (Å²) in [7, 11) is 2.21. The van der Waals surface area contributed by atoms with Gasteiger partial charge in [0.2, 0.25) is 0 Å². The molecular weight excluding hydrogens is 304 g/mol. The number of ether oxygens (including phenoxy) is 1. The summed E-state index contributed by atoms with van der Waals surface area (Å²) in [4.78, 5) is 16.9. The zero-order valence-electron chi connectivity index (χ0n) is 14.6. The highest BCUT2D eigenvalue weighted by atomic mass is 16.5. The van der Waals surface area contributed by atoms with E-state index in [-0.39, 0.29) is 5.91 Å². The summed E-state index contributed by atoms with van der Waals surface area (Å²) >= 11 is 0. The second kappa shape index (κ2) is 6.52. The fourth-order valence-electron chi connectivity index (χ4n) is 4.48. The second-order valence-electron chi connectivity index (χ2n) is 8.04. The van der Waals surface area contributed by atoms with Crippen molar-refractivity contribution in [2.24, 2.45) is 17.3 Å². The maximum absolute atomic E-state index is 12.5. The van der Waals surface area contributed by atoms with Crippen LogP contribution in [0.3, 0.4) is 0 Å². The van der Waals surface area contributed by atoms with Gasteiger partial charge in [-0.3, -0.25) is 4.79 Å². The molecule has 3 aliphatic rings. The molecule has 5 nitrogen and oxygen atoms in total. The summed E-state index contributed by atoms with van der Waals surface area (Å²) in [5.74, 6) is 1.54. The van der Waals surface area contributed by atoms with Gasteiger partial charge in [0, 0.05) is 38.7 Å². The lowest BCUT2D eigenvalue weighted by Crippen LogP contribution is -2.47. The molecule has 3 fully saturated rings. The van der Waals surface area contributed by atoms with E-state index in [0.29, 0.717) is 16.9 Å². The molecule has 1 aromatic heterocycles. The average Bonchev–Trinajstić information content (AvgIpc) is 3.14. The number of carbonyl (C=O) groups excluding carboxylic acids is 1. The Morgan fingerprint density at radius 1 is 1.33 bits per heavy atom. The molecule has 1 aromatic rings. The van der Waals surface area contributed by atoms with Gasteiger partial charge in [0.25, 0.3) is 5.91 Å². The van der Waals surface area contributed by atoms with E-state index in [9.17, 15) is 4.79 Å². The summed E-state index contributed by atoms with van der Waals surface area (Å²) in [6.07, 6.45) is 7.97. The lowest BCUT2D eigenvalue weighted by molar-refractivity contribution is 0.0180. The van der Waals surface area contributed by atoms with Gasteiger partial charge in [-0.05, 0) is 50.1 Å². The number of rotatable bonds is 5. The monoisotopic (exact) mass is 332 g/mol. The topological polar surface area (TPSA) is 45.9 Å². The van der Waals surface area contributed by atoms with Gasteiger partial charge in [0.1, 0.15) is 6.26 Å². The van der Waals surface area contributed by atoms with Gasteiger partial charge in [-0.15, -0.1) is 0 Å². The Balaban J connectivity index is 1.35. The maximum atomic E-state index is 12.5. The quantitative estimate of drug-likeness (QED) is 0.831. The van der Waals surface area contributed by atoms with Gasteiger partial charge in [-0.2, -0.15) is 0 Å². The van der Waals surface area contributed by atoms with Crippen LogP contribution in [-0.4, -0.2) is 62.1 Å². The van der Waals surface area contributed by atoms with E-state index in [4.69, 9.17) is 9.15 Å². The fraction of sp³-hybridized carbons (Fsp3) is 0.737. The molecule has 4 rings (SSSR count). The van der Waals surface area contributed by atoms with Crippen molar-refractivity contribution in [3.05, 3.63) is 24.2 Å². The number of hydrogen-bond donors (Lipinski definition) is 0. The van der Waals surface area contributed by atoms with E-state index >= 15 is 0 Å². The van der Waals surface area contributed by atoms with Crippen LogP contribution in [0.5, 0.6) is 0 Å². The Morgan fingerprint density at radius 3 is 2.79 bits per heavy atom. The third kappa shape index (κ3) is 3.24. The maximum Gasteiger partial charge on any atom is 0.257 e. The molecular formula is C19H28N2O3. The van der Waals surface area contributed by atoms with Crippen LogP contribution < -0.4 is 0 Å². The van der Waals surface area contributed by atoms with Gasteiger partial charge in [-0.25, -0.2) is 0 Å². The number of furan rings is 1. The predicted octanol–water partition coefficient (Wildman–Crippen LogP) is 2.49. The fourth-order valence-corrected chi connectivity index (χ4v) is 4.48. The van der Waals surface area contributed by atoms with E-state index in [1.165, 1.54) is 12.8 Å². The molecule has 0 bridgehead atoms. The Kier molecular flexibility index (Phi) is 4.39. The summed E-state index contributed by atoms with van der Waals surface area (Å²) < 4.78 is 11.1. The summed E-state index contributed by atoms with van der Waals surface area (Å²) in [6.45, 7) is 5.78. The number of hydrogen-bond acceptors (Lipinski definition) is 4. The number of amides is 1. The van der Waals surface area contributed by atoms with Crippen molar-refractivity contribution < 1.29 is 13.9 Å². The Hall–Kier alpha value is -1.33. The molecule has 1 aliphatic carbocycles. The Morgan fingerprint density at radius 2 is 2.12 bits per heavy atom. The first-order chi connectivity index (χ1) is 11.7. The van der Waals surface area contributed by atoms with Crippen LogP contribution in [0.4, 0.5) is 0 Å². The summed E-state index contributed by atoms with van der Waals surface area (Å²) in [5.41, 5.74) is 0.990. The molecule has 3 heterocycles. The third-order valence-electron chi connectivity index (χ3n) is 6.17. The minimum atomic E-state index is 0.103. The minimum Gasteiger partial charge on any atom is -0.472 e. The largest absolute Gasteiger partial charge is 0.472 e. The highest BCUT2D eigenvalue weighted by Gasteiger charge is 2.47. The lowest BCUT2D eigenvalue weighted by Gasteiger charge is -2.42. The molecule has 5 heteroatoms. The molecule has 1 amide bonds. The van der Waals surface area contributed by atoms with Crippen LogP contribution in [0, 0.1) is 17.3 Å². The normalized spacial score (nSPS) is 27.0.